The molecule has 0 aliphatic rings. The van der Waals surface area contributed by atoms with Gasteiger partial charge >= 0.3 is 0 Å². The van der Waals surface area contributed by atoms with Gasteiger partial charge < -0.3 is 9.30 Å². The standard InChI is InChI=1S/C25H21N3O3S2/c1-17-14-28(16-26-17)23-12-9-19(13-24(23)31-2)27-33(29,30)20-10-7-18(8-11-20)22-15-32-25-6-4-3-5-21(22)25/h3-16,27H,1-2H3. The highest BCUT2D eigenvalue weighted by Crippen LogP contribution is 2.34. The number of benzene rings is 3. The van der Waals surface area contributed by atoms with E-state index in [4.69, 9.17) is 4.74 Å². The Bertz CT molecular complexity index is 1550. The number of imidazole rings is 1. The number of fused-ring (bicyclic) bond motifs is 1. The van der Waals surface area contributed by atoms with Crippen LogP contribution in [0.4, 0.5) is 5.69 Å². The lowest BCUT2D eigenvalue weighted by Crippen LogP contribution is -2.13. The summed E-state index contributed by atoms with van der Waals surface area (Å²) in [5, 5.41) is 3.26. The monoisotopic (exact) mass is 475 g/mol. The normalized spacial score (nSPS) is 11.6. The maximum atomic E-state index is 13.0. The minimum Gasteiger partial charge on any atom is -0.494 e. The predicted octanol–water partition coefficient (Wildman–Crippen LogP) is 5.87. The number of rotatable bonds is 6. The maximum Gasteiger partial charge on any atom is 0.261 e. The number of hydrogen-bond acceptors (Lipinski definition) is 5. The number of nitrogens with zero attached hydrogens (tertiary/aromatic N) is 2. The molecular formula is C25H21N3O3S2. The maximum absolute atomic E-state index is 13.0. The van der Waals surface area contributed by atoms with E-state index in [0.717, 1.165) is 27.9 Å². The Labute approximate surface area is 196 Å². The van der Waals surface area contributed by atoms with Crippen LogP contribution in [-0.2, 0) is 10.0 Å². The summed E-state index contributed by atoms with van der Waals surface area (Å²) >= 11 is 1.68. The molecule has 5 rings (SSSR count). The van der Waals surface area contributed by atoms with Gasteiger partial charge in [0.1, 0.15) is 5.75 Å². The van der Waals surface area contributed by atoms with Crippen molar-refractivity contribution in [1.82, 2.24) is 9.55 Å². The smallest absolute Gasteiger partial charge is 0.261 e. The molecule has 33 heavy (non-hydrogen) atoms. The number of sulfonamides is 1. The van der Waals surface area contributed by atoms with Gasteiger partial charge in [0.05, 0.1) is 35.4 Å². The third kappa shape index (κ3) is 4.10. The van der Waals surface area contributed by atoms with Crippen molar-refractivity contribution in [2.45, 2.75) is 11.8 Å². The molecule has 0 bridgehead atoms. The zero-order valence-electron chi connectivity index (χ0n) is 18.0. The number of hydrogen-bond donors (Lipinski definition) is 1. The van der Waals surface area contributed by atoms with E-state index in [1.807, 2.05) is 42.0 Å². The highest BCUT2D eigenvalue weighted by Gasteiger charge is 2.17. The quantitative estimate of drug-likeness (QED) is 0.333. The molecule has 0 fully saturated rings. The first-order chi connectivity index (χ1) is 15.9. The first-order valence-electron chi connectivity index (χ1n) is 10.2. The van der Waals surface area contributed by atoms with Gasteiger partial charge in [0.25, 0.3) is 10.0 Å². The Hall–Kier alpha value is -3.62. The molecule has 0 radical (unpaired) electrons. The summed E-state index contributed by atoms with van der Waals surface area (Å²) in [6, 6.07) is 20.3. The van der Waals surface area contributed by atoms with Crippen LogP contribution in [0.3, 0.4) is 0 Å². The number of aryl methyl sites for hydroxylation is 1. The van der Waals surface area contributed by atoms with Crippen LogP contribution in [0.25, 0.3) is 26.9 Å². The largest absolute Gasteiger partial charge is 0.494 e. The van der Waals surface area contributed by atoms with Gasteiger partial charge in [0.2, 0.25) is 0 Å². The van der Waals surface area contributed by atoms with Gasteiger partial charge in [-0.3, -0.25) is 4.72 Å². The predicted molar refractivity (Wildman–Crippen MR) is 133 cm³/mol. The van der Waals surface area contributed by atoms with Crippen molar-refractivity contribution in [3.8, 4) is 22.6 Å². The van der Waals surface area contributed by atoms with Crippen LogP contribution in [0, 0.1) is 6.92 Å². The van der Waals surface area contributed by atoms with Gasteiger partial charge in [-0.05, 0) is 48.2 Å². The van der Waals surface area contributed by atoms with Crippen LogP contribution in [0.5, 0.6) is 5.75 Å². The third-order valence-corrected chi connectivity index (χ3v) is 7.74. The van der Waals surface area contributed by atoms with E-state index >= 15 is 0 Å². The average molecular weight is 476 g/mol. The van der Waals surface area contributed by atoms with Crippen molar-refractivity contribution in [3.05, 3.63) is 90.3 Å². The second-order valence-corrected chi connectivity index (χ2v) is 10.2. The summed E-state index contributed by atoms with van der Waals surface area (Å²) in [5.74, 6) is 0.535. The molecule has 1 N–H and O–H groups in total. The lowest BCUT2D eigenvalue weighted by Gasteiger charge is -2.13. The van der Waals surface area contributed by atoms with E-state index in [1.54, 1.807) is 55.1 Å². The average Bonchev–Trinajstić information content (AvgIpc) is 3.45. The van der Waals surface area contributed by atoms with Crippen molar-refractivity contribution in [2.75, 3.05) is 11.8 Å². The molecule has 6 nitrogen and oxygen atoms in total. The van der Waals surface area contributed by atoms with Crippen LogP contribution in [0.15, 0.2) is 89.5 Å². The number of aromatic nitrogens is 2. The van der Waals surface area contributed by atoms with Gasteiger partial charge in [-0.15, -0.1) is 11.3 Å². The van der Waals surface area contributed by atoms with E-state index in [2.05, 4.69) is 27.2 Å². The molecule has 0 amide bonds. The van der Waals surface area contributed by atoms with Gasteiger partial charge in [0, 0.05) is 27.9 Å². The SMILES string of the molecule is COc1cc(NS(=O)(=O)c2ccc(-c3csc4ccccc34)cc2)ccc1-n1cnc(C)c1. The Kier molecular flexibility index (Phi) is 5.39. The molecule has 0 saturated heterocycles. The number of ether oxygens (including phenoxy) is 1. The number of methoxy groups -OCH3 is 1. The fourth-order valence-electron chi connectivity index (χ4n) is 3.74. The second-order valence-electron chi connectivity index (χ2n) is 7.58. The van der Waals surface area contributed by atoms with Crippen molar-refractivity contribution in [3.63, 3.8) is 0 Å². The van der Waals surface area contributed by atoms with Crippen LogP contribution >= 0.6 is 11.3 Å². The molecule has 0 unspecified atom stereocenters. The highest BCUT2D eigenvalue weighted by molar-refractivity contribution is 7.92. The molecule has 0 aliphatic carbocycles. The van der Waals surface area contributed by atoms with E-state index in [-0.39, 0.29) is 4.90 Å². The molecule has 0 atom stereocenters. The van der Waals surface area contributed by atoms with E-state index in [0.29, 0.717) is 11.4 Å². The number of anilines is 1. The first-order valence-corrected chi connectivity index (χ1v) is 12.6. The Balaban J connectivity index is 1.41. The van der Waals surface area contributed by atoms with Crippen molar-refractivity contribution in [1.29, 1.82) is 0 Å². The number of thiophene rings is 1. The summed E-state index contributed by atoms with van der Waals surface area (Å²) in [5.41, 5.74) is 4.14. The van der Waals surface area contributed by atoms with Crippen LogP contribution < -0.4 is 9.46 Å². The third-order valence-electron chi connectivity index (χ3n) is 5.38. The van der Waals surface area contributed by atoms with Gasteiger partial charge in [-0.25, -0.2) is 13.4 Å². The minimum absolute atomic E-state index is 0.194. The van der Waals surface area contributed by atoms with Crippen LogP contribution in [0.1, 0.15) is 5.69 Å². The second kappa shape index (κ2) is 8.38. The summed E-state index contributed by atoms with van der Waals surface area (Å²) in [6.07, 6.45) is 3.56. The zero-order valence-corrected chi connectivity index (χ0v) is 19.7. The molecule has 2 aromatic heterocycles. The molecule has 0 aliphatic heterocycles. The summed E-state index contributed by atoms with van der Waals surface area (Å²) in [4.78, 5) is 4.42. The van der Waals surface area contributed by atoms with Crippen molar-refractivity contribution < 1.29 is 13.2 Å². The molecule has 3 aromatic carbocycles. The highest BCUT2D eigenvalue weighted by atomic mass is 32.2. The lowest BCUT2D eigenvalue weighted by atomic mass is 10.1. The summed E-state index contributed by atoms with van der Waals surface area (Å²) < 4.78 is 37.2. The Morgan fingerprint density at radius 3 is 2.55 bits per heavy atom. The van der Waals surface area contributed by atoms with Gasteiger partial charge in [-0.2, -0.15) is 0 Å². The van der Waals surface area contributed by atoms with E-state index < -0.39 is 10.0 Å². The Morgan fingerprint density at radius 2 is 1.82 bits per heavy atom. The summed E-state index contributed by atoms with van der Waals surface area (Å²) in [6.45, 7) is 1.90. The molecular weight excluding hydrogens is 454 g/mol. The topological polar surface area (TPSA) is 73.2 Å². The zero-order chi connectivity index (χ0) is 23.0. The molecule has 0 saturated carbocycles. The first kappa shape index (κ1) is 21.2. The van der Waals surface area contributed by atoms with E-state index in [9.17, 15) is 8.42 Å². The molecule has 0 spiro atoms. The van der Waals surface area contributed by atoms with Gasteiger partial charge in [0.15, 0.2) is 0 Å². The number of nitrogens with one attached hydrogen (secondary N) is 1. The fraction of sp³-hybridized carbons (Fsp3) is 0.0800. The van der Waals surface area contributed by atoms with Crippen LogP contribution in [0.2, 0.25) is 0 Å². The fourth-order valence-corrected chi connectivity index (χ4v) is 5.76. The van der Waals surface area contributed by atoms with Crippen molar-refractivity contribution >= 4 is 37.1 Å². The van der Waals surface area contributed by atoms with Crippen molar-refractivity contribution in [2.24, 2.45) is 0 Å². The molecule has 2 heterocycles. The molecule has 8 heteroatoms. The summed E-state index contributed by atoms with van der Waals surface area (Å²) in [7, 11) is -2.21. The minimum atomic E-state index is -3.76. The lowest BCUT2D eigenvalue weighted by molar-refractivity contribution is 0.413. The molecule has 166 valence electrons. The van der Waals surface area contributed by atoms with Gasteiger partial charge in [-0.1, -0.05) is 30.3 Å². The van der Waals surface area contributed by atoms with Crippen LogP contribution in [-0.4, -0.2) is 25.1 Å². The van der Waals surface area contributed by atoms with E-state index in [1.165, 1.54) is 4.70 Å². The Morgan fingerprint density at radius 1 is 1.03 bits per heavy atom. The molecule has 5 aromatic rings.